The summed E-state index contributed by atoms with van der Waals surface area (Å²) in [4.78, 5) is 0. The molecule has 9 heavy (non-hydrogen) atoms. The summed E-state index contributed by atoms with van der Waals surface area (Å²) in [6.07, 6.45) is 2.94. The van der Waals surface area contributed by atoms with Gasteiger partial charge >= 0.3 is 51.4 Å². The molecule has 0 aromatic rings. The van der Waals surface area contributed by atoms with Crippen molar-refractivity contribution in [2.75, 3.05) is 13.2 Å². The first-order valence-corrected chi connectivity index (χ1v) is 2.72. The van der Waals surface area contributed by atoms with Crippen LogP contribution in [0, 0.1) is 0 Å². The molecular formula is C6H11KO2. The number of rotatable bonds is 5. The van der Waals surface area contributed by atoms with E-state index in [1.165, 1.54) is 6.26 Å². The fourth-order valence-electron chi connectivity index (χ4n) is 0.371. The van der Waals surface area contributed by atoms with E-state index in [0.29, 0.717) is 13.0 Å². The van der Waals surface area contributed by atoms with Gasteiger partial charge in [-0.1, -0.05) is 13.0 Å². The Morgan fingerprint density at radius 2 is 2.11 bits per heavy atom. The van der Waals surface area contributed by atoms with Crippen LogP contribution in [0.2, 0.25) is 0 Å². The second-order valence-corrected chi connectivity index (χ2v) is 1.45. The fourth-order valence-corrected chi connectivity index (χ4v) is 0.371. The molecule has 2 nitrogen and oxygen atoms in total. The second-order valence-electron chi connectivity index (χ2n) is 1.45. The van der Waals surface area contributed by atoms with Gasteiger partial charge in [0.25, 0.3) is 0 Å². The van der Waals surface area contributed by atoms with E-state index >= 15 is 0 Å². The standard InChI is InChI=1S/C6H11O2.K/c1-2-8-6-4-3-5-7;/h2H,1,3-6H2;/q-1;+1. The third-order valence-electron chi connectivity index (χ3n) is 0.774. The molecule has 3 heteroatoms. The van der Waals surface area contributed by atoms with E-state index in [1.54, 1.807) is 0 Å². The Morgan fingerprint density at radius 3 is 2.56 bits per heavy atom. The molecule has 0 aliphatic carbocycles. The Morgan fingerprint density at radius 1 is 1.44 bits per heavy atom. The van der Waals surface area contributed by atoms with Crippen molar-refractivity contribution >= 4 is 0 Å². The van der Waals surface area contributed by atoms with Gasteiger partial charge in [0, 0.05) is 0 Å². The third-order valence-corrected chi connectivity index (χ3v) is 0.774. The molecule has 0 amide bonds. The molecule has 0 aliphatic heterocycles. The molecule has 0 aromatic carbocycles. The van der Waals surface area contributed by atoms with Gasteiger partial charge in [-0.2, -0.15) is 0 Å². The molecule has 0 fully saturated rings. The molecule has 0 spiro atoms. The van der Waals surface area contributed by atoms with Crippen LogP contribution in [-0.2, 0) is 4.74 Å². The van der Waals surface area contributed by atoms with Gasteiger partial charge in [-0.05, 0) is 6.42 Å². The third kappa shape index (κ3) is 12.4. The average Bonchev–Trinajstić information content (AvgIpc) is 1.81. The van der Waals surface area contributed by atoms with Crippen LogP contribution < -0.4 is 56.5 Å². The first-order valence-electron chi connectivity index (χ1n) is 2.72. The molecule has 0 heterocycles. The summed E-state index contributed by atoms with van der Waals surface area (Å²) in [6.45, 7) is 3.99. The van der Waals surface area contributed by atoms with E-state index in [9.17, 15) is 5.11 Å². The van der Waals surface area contributed by atoms with Gasteiger partial charge in [0.15, 0.2) is 0 Å². The minimum atomic E-state index is 0. The summed E-state index contributed by atoms with van der Waals surface area (Å²) in [7, 11) is 0. The minimum absolute atomic E-state index is 0. The predicted molar refractivity (Wildman–Crippen MR) is 30.2 cm³/mol. The Labute approximate surface area is 98.7 Å². The normalized spacial score (nSPS) is 7.67. The summed E-state index contributed by atoms with van der Waals surface area (Å²) < 4.78 is 4.76. The van der Waals surface area contributed by atoms with Crippen LogP contribution in [0.5, 0.6) is 0 Å². The first-order chi connectivity index (χ1) is 3.91. The van der Waals surface area contributed by atoms with Gasteiger partial charge in [0.1, 0.15) is 0 Å². The van der Waals surface area contributed by atoms with Crippen LogP contribution in [-0.4, -0.2) is 13.2 Å². The topological polar surface area (TPSA) is 32.3 Å². The molecule has 0 aliphatic rings. The van der Waals surface area contributed by atoms with Crippen molar-refractivity contribution in [3.63, 3.8) is 0 Å². The zero-order valence-electron chi connectivity index (χ0n) is 5.93. The van der Waals surface area contributed by atoms with Crippen LogP contribution in [0.3, 0.4) is 0 Å². The first kappa shape index (κ1) is 12.8. The fraction of sp³-hybridized carbons (Fsp3) is 0.667. The van der Waals surface area contributed by atoms with Gasteiger partial charge in [-0.15, -0.1) is 6.61 Å². The molecule has 48 valence electrons. The number of unbranched alkanes of at least 4 members (excludes halogenated alkanes) is 1. The SMILES string of the molecule is C=COCCCC[O-].[K+]. The van der Waals surface area contributed by atoms with Crippen LogP contribution in [0.4, 0.5) is 0 Å². The number of hydrogen-bond donors (Lipinski definition) is 0. The Hall–Kier alpha value is 1.14. The smallest absolute Gasteiger partial charge is 0.854 e. The van der Waals surface area contributed by atoms with Crippen LogP contribution in [0.1, 0.15) is 12.8 Å². The monoisotopic (exact) mass is 154 g/mol. The average molecular weight is 154 g/mol. The van der Waals surface area contributed by atoms with E-state index < -0.39 is 0 Å². The van der Waals surface area contributed by atoms with E-state index in [2.05, 4.69) is 6.58 Å². The summed E-state index contributed by atoms with van der Waals surface area (Å²) in [6, 6.07) is 0. The number of ether oxygens (including phenoxy) is 1. The van der Waals surface area contributed by atoms with Crippen molar-refractivity contribution in [3.8, 4) is 0 Å². The van der Waals surface area contributed by atoms with Gasteiger partial charge in [0.2, 0.25) is 0 Å². The Balaban J connectivity index is 0. The number of hydrogen-bond acceptors (Lipinski definition) is 2. The summed E-state index contributed by atoms with van der Waals surface area (Å²) >= 11 is 0. The predicted octanol–water partition coefficient (Wildman–Crippen LogP) is -2.71. The van der Waals surface area contributed by atoms with Crippen LogP contribution in [0.25, 0.3) is 0 Å². The van der Waals surface area contributed by atoms with Crippen LogP contribution in [0.15, 0.2) is 12.8 Å². The molecule has 0 N–H and O–H groups in total. The minimum Gasteiger partial charge on any atom is -0.854 e. The molecule has 0 unspecified atom stereocenters. The molecule has 0 rings (SSSR count). The van der Waals surface area contributed by atoms with Gasteiger partial charge in [-0.25, -0.2) is 0 Å². The van der Waals surface area contributed by atoms with E-state index in [-0.39, 0.29) is 58.0 Å². The van der Waals surface area contributed by atoms with E-state index in [4.69, 9.17) is 4.74 Å². The van der Waals surface area contributed by atoms with E-state index in [1.807, 2.05) is 0 Å². The van der Waals surface area contributed by atoms with Gasteiger partial charge in [-0.3, -0.25) is 0 Å². The van der Waals surface area contributed by atoms with Crippen LogP contribution >= 0.6 is 0 Å². The molecule has 0 saturated heterocycles. The second kappa shape index (κ2) is 11.9. The van der Waals surface area contributed by atoms with Gasteiger partial charge < -0.3 is 9.84 Å². The van der Waals surface area contributed by atoms with Crippen molar-refractivity contribution < 1.29 is 61.2 Å². The molecule has 0 aromatic heterocycles. The maximum Gasteiger partial charge on any atom is 1.00 e. The molecule has 0 atom stereocenters. The largest absolute Gasteiger partial charge is 1.00 e. The summed E-state index contributed by atoms with van der Waals surface area (Å²) in [5.41, 5.74) is 0. The quantitative estimate of drug-likeness (QED) is 0.245. The van der Waals surface area contributed by atoms with Gasteiger partial charge in [0.05, 0.1) is 12.9 Å². The Kier molecular flexibility index (Phi) is 16.9. The van der Waals surface area contributed by atoms with Crippen molar-refractivity contribution in [3.05, 3.63) is 12.8 Å². The zero-order chi connectivity index (χ0) is 6.24. The maximum atomic E-state index is 9.81. The van der Waals surface area contributed by atoms with Crippen molar-refractivity contribution in [1.82, 2.24) is 0 Å². The van der Waals surface area contributed by atoms with E-state index in [0.717, 1.165) is 6.42 Å². The summed E-state index contributed by atoms with van der Waals surface area (Å²) in [5, 5.41) is 9.81. The van der Waals surface area contributed by atoms with Crippen molar-refractivity contribution in [2.45, 2.75) is 12.8 Å². The molecule has 0 bridgehead atoms. The molecular weight excluding hydrogens is 143 g/mol. The van der Waals surface area contributed by atoms with Crippen molar-refractivity contribution in [1.29, 1.82) is 0 Å². The zero-order valence-corrected chi connectivity index (χ0v) is 9.05. The molecule has 0 radical (unpaired) electrons. The Bertz CT molecular complexity index is 57.0. The molecule has 0 saturated carbocycles. The van der Waals surface area contributed by atoms with Crippen molar-refractivity contribution in [2.24, 2.45) is 0 Å². The summed E-state index contributed by atoms with van der Waals surface area (Å²) in [5.74, 6) is 0. The maximum absolute atomic E-state index is 9.81.